The van der Waals surface area contributed by atoms with Gasteiger partial charge in [0.25, 0.3) is 0 Å². The van der Waals surface area contributed by atoms with Gasteiger partial charge in [0.1, 0.15) is 5.75 Å². The molecule has 0 atom stereocenters. The van der Waals surface area contributed by atoms with Crippen LogP contribution in [0.3, 0.4) is 0 Å². The highest BCUT2D eigenvalue weighted by Gasteiger charge is 2.43. The molecule has 0 amide bonds. The normalized spacial score (nSPS) is 18.3. The zero-order chi connectivity index (χ0) is 13.6. The van der Waals surface area contributed by atoms with Crippen molar-refractivity contribution in [2.45, 2.75) is 31.0 Å². The number of ether oxygens (including phenoxy) is 1. The van der Waals surface area contributed by atoms with Crippen LogP contribution in [0.25, 0.3) is 0 Å². The summed E-state index contributed by atoms with van der Waals surface area (Å²) in [5.74, 6) is 0.161. The Morgan fingerprint density at radius 1 is 1.33 bits per heavy atom. The Bertz CT molecular complexity index is 469. The Morgan fingerprint density at radius 2 is 1.94 bits per heavy atom. The van der Waals surface area contributed by atoms with Crippen LogP contribution in [-0.2, 0) is 11.7 Å². The van der Waals surface area contributed by atoms with Crippen LogP contribution in [0.4, 0.5) is 13.2 Å². The summed E-state index contributed by atoms with van der Waals surface area (Å²) in [5, 5.41) is 0. The molecule has 100 valence electrons. The number of hydrogen-bond donors (Lipinski definition) is 1. The van der Waals surface area contributed by atoms with Crippen LogP contribution < -0.4 is 10.5 Å². The van der Waals surface area contributed by atoms with Gasteiger partial charge in [-0.05, 0) is 52.9 Å². The number of benzene rings is 1. The van der Waals surface area contributed by atoms with E-state index in [-0.39, 0.29) is 11.3 Å². The van der Waals surface area contributed by atoms with Gasteiger partial charge in [0, 0.05) is 5.54 Å². The molecule has 2 N–H and O–H groups in total. The number of hydrogen-bond acceptors (Lipinski definition) is 2. The fourth-order valence-corrected chi connectivity index (χ4v) is 2.69. The van der Waals surface area contributed by atoms with Crippen LogP contribution in [0.5, 0.6) is 5.75 Å². The van der Waals surface area contributed by atoms with Gasteiger partial charge < -0.3 is 10.5 Å². The molecule has 0 spiro atoms. The molecular formula is C12H13BrF3NO. The fourth-order valence-electron chi connectivity index (χ4n) is 2.18. The average molecular weight is 324 g/mol. The molecule has 1 aromatic carbocycles. The van der Waals surface area contributed by atoms with E-state index in [1.807, 2.05) is 0 Å². The van der Waals surface area contributed by atoms with Crippen molar-refractivity contribution in [3.05, 3.63) is 27.7 Å². The maximum Gasteiger partial charge on any atom is 0.416 e. The van der Waals surface area contributed by atoms with Crippen LogP contribution in [0.1, 0.15) is 30.4 Å². The standard InChI is InChI=1S/C12H13BrF3NO/c1-18-10-6-8(12(14,15)16)7(5-9(10)13)11(17)3-2-4-11/h5-6H,2-4,17H2,1H3. The second kappa shape index (κ2) is 4.42. The molecule has 0 bridgehead atoms. The van der Waals surface area contributed by atoms with Gasteiger partial charge in [-0.1, -0.05) is 0 Å². The highest BCUT2D eigenvalue weighted by atomic mass is 79.9. The molecule has 1 saturated carbocycles. The second-order valence-corrected chi connectivity index (χ2v) is 5.39. The quantitative estimate of drug-likeness (QED) is 0.898. The zero-order valence-corrected chi connectivity index (χ0v) is 11.4. The minimum absolute atomic E-state index is 0.147. The van der Waals surface area contributed by atoms with Crippen molar-refractivity contribution in [1.82, 2.24) is 0 Å². The van der Waals surface area contributed by atoms with E-state index in [9.17, 15) is 13.2 Å². The fraction of sp³-hybridized carbons (Fsp3) is 0.500. The third-order valence-corrected chi connectivity index (χ3v) is 4.00. The number of halogens is 4. The van der Waals surface area contributed by atoms with Crippen molar-refractivity contribution in [1.29, 1.82) is 0 Å². The number of methoxy groups -OCH3 is 1. The first-order chi connectivity index (χ1) is 8.28. The van der Waals surface area contributed by atoms with Gasteiger partial charge in [-0.15, -0.1) is 0 Å². The first-order valence-electron chi connectivity index (χ1n) is 5.52. The third kappa shape index (κ3) is 2.23. The molecular weight excluding hydrogens is 311 g/mol. The maximum absolute atomic E-state index is 13.1. The van der Waals surface area contributed by atoms with Crippen molar-refractivity contribution in [2.24, 2.45) is 5.73 Å². The van der Waals surface area contributed by atoms with E-state index in [2.05, 4.69) is 15.9 Å². The monoisotopic (exact) mass is 323 g/mol. The first-order valence-corrected chi connectivity index (χ1v) is 6.31. The molecule has 0 heterocycles. The Kier molecular flexibility index (Phi) is 3.36. The Labute approximate surface area is 111 Å². The van der Waals surface area contributed by atoms with E-state index in [1.165, 1.54) is 13.2 Å². The Morgan fingerprint density at radius 3 is 2.33 bits per heavy atom. The van der Waals surface area contributed by atoms with Gasteiger partial charge in [-0.2, -0.15) is 13.2 Å². The molecule has 0 saturated heterocycles. The molecule has 1 aromatic rings. The van der Waals surface area contributed by atoms with Gasteiger partial charge >= 0.3 is 6.18 Å². The van der Waals surface area contributed by atoms with Gasteiger partial charge in [0.15, 0.2) is 0 Å². The molecule has 18 heavy (non-hydrogen) atoms. The van der Waals surface area contributed by atoms with Gasteiger partial charge in [-0.25, -0.2) is 0 Å². The van der Waals surface area contributed by atoms with E-state index in [4.69, 9.17) is 10.5 Å². The SMILES string of the molecule is COc1cc(C(F)(F)F)c(C2(N)CCC2)cc1Br. The van der Waals surface area contributed by atoms with E-state index in [1.54, 1.807) is 0 Å². The second-order valence-electron chi connectivity index (χ2n) is 4.54. The van der Waals surface area contributed by atoms with Crippen molar-refractivity contribution in [3.8, 4) is 5.75 Å². The van der Waals surface area contributed by atoms with Crippen LogP contribution in [0.2, 0.25) is 0 Å². The summed E-state index contributed by atoms with van der Waals surface area (Å²) in [6.07, 6.45) is -2.41. The van der Waals surface area contributed by atoms with Crippen molar-refractivity contribution in [2.75, 3.05) is 7.11 Å². The van der Waals surface area contributed by atoms with Crippen LogP contribution in [-0.4, -0.2) is 7.11 Å². The van der Waals surface area contributed by atoms with E-state index >= 15 is 0 Å². The highest BCUT2D eigenvalue weighted by molar-refractivity contribution is 9.10. The van der Waals surface area contributed by atoms with E-state index in [0.717, 1.165) is 12.5 Å². The molecule has 1 aliphatic carbocycles. The summed E-state index contributed by atoms with van der Waals surface area (Å²) in [6.45, 7) is 0. The number of nitrogens with two attached hydrogens (primary N) is 1. The van der Waals surface area contributed by atoms with Crippen LogP contribution in [0, 0.1) is 0 Å². The summed E-state index contributed by atoms with van der Waals surface area (Å²) >= 11 is 3.21. The van der Waals surface area contributed by atoms with Crippen molar-refractivity contribution >= 4 is 15.9 Å². The van der Waals surface area contributed by atoms with Gasteiger partial charge in [-0.3, -0.25) is 0 Å². The molecule has 1 fully saturated rings. The smallest absolute Gasteiger partial charge is 0.416 e. The molecule has 0 unspecified atom stereocenters. The molecule has 2 rings (SSSR count). The minimum Gasteiger partial charge on any atom is -0.496 e. The molecule has 6 heteroatoms. The highest BCUT2D eigenvalue weighted by Crippen LogP contribution is 2.47. The van der Waals surface area contributed by atoms with Crippen molar-refractivity contribution in [3.63, 3.8) is 0 Å². The molecule has 0 radical (unpaired) electrons. The molecule has 1 aliphatic rings. The topological polar surface area (TPSA) is 35.2 Å². The lowest BCUT2D eigenvalue weighted by Crippen LogP contribution is -2.44. The lowest BCUT2D eigenvalue weighted by Gasteiger charge is -2.40. The number of rotatable bonds is 2. The van der Waals surface area contributed by atoms with Crippen LogP contribution >= 0.6 is 15.9 Å². The van der Waals surface area contributed by atoms with Crippen LogP contribution in [0.15, 0.2) is 16.6 Å². The summed E-state index contributed by atoms with van der Waals surface area (Å²) in [6, 6.07) is 2.44. The summed E-state index contributed by atoms with van der Waals surface area (Å²) in [5.41, 5.74) is 4.60. The summed E-state index contributed by atoms with van der Waals surface area (Å²) in [7, 11) is 1.33. The molecule has 0 aromatic heterocycles. The minimum atomic E-state index is -4.43. The Hall–Kier alpha value is -0.750. The molecule has 0 aliphatic heterocycles. The summed E-state index contributed by atoms with van der Waals surface area (Å²) < 4.78 is 44.6. The first kappa shape index (κ1) is 13.7. The van der Waals surface area contributed by atoms with Crippen molar-refractivity contribution < 1.29 is 17.9 Å². The predicted molar refractivity (Wildman–Crippen MR) is 65.4 cm³/mol. The zero-order valence-electron chi connectivity index (χ0n) is 9.77. The predicted octanol–water partition coefficient (Wildman–Crippen LogP) is 3.81. The largest absolute Gasteiger partial charge is 0.496 e. The Balaban J connectivity index is 2.60. The third-order valence-electron chi connectivity index (χ3n) is 3.38. The van der Waals surface area contributed by atoms with Gasteiger partial charge in [0.05, 0.1) is 17.1 Å². The maximum atomic E-state index is 13.1. The van der Waals surface area contributed by atoms with E-state index < -0.39 is 17.3 Å². The lowest BCUT2D eigenvalue weighted by atomic mass is 9.71. The summed E-state index contributed by atoms with van der Waals surface area (Å²) in [4.78, 5) is 0. The molecule has 2 nitrogen and oxygen atoms in total. The van der Waals surface area contributed by atoms with E-state index in [0.29, 0.717) is 17.3 Å². The number of alkyl halides is 3. The average Bonchev–Trinajstić information content (AvgIpc) is 2.24. The van der Waals surface area contributed by atoms with Gasteiger partial charge in [0.2, 0.25) is 0 Å². The lowest BCUT2D eigenvalue weighted by molar-refractivity contribution is -0.139.